The van der Waals surface area contributed by atoms with Crippen molar-refractivity contribution in [3.8, 4) is 29.3 Å². The number of para-hydroxylation sites is 2. The first-order chi connectivity index (χ1) is 43.1. The van der Waals surface area contributed by atoms with Crippen LogP contribution < -0.4 is 26.0 Å². The summed E-state index contributed by atoms with van der Waals surface area (Å²) in [6.45, 7) is 3.87. The third-order valence-corrected chi connectivity index (χ3v) is 12.4. The number of rotatable bonds is 3. The van der Waals surface area contributed by atoms with Gasteiger partial charge in [-0.1, -0.05) is 95.9 Å². The van der Waals surface area contributed by atoms with E-state index >= 15 is 17.6 Å². The molecule has 0 N–H and O–H groups in total. The second-order valence-corrected chi connectivity index (χ2v) is 18.7. The molecular weight excluding hydrogens is 887 g/mol. The molecule has 11 aromatic rings. The SMILES string of the molecule is [2H]c1c(-n2c3c([2H])c([2H])c([2H])c([2H])c3c3c([2H])c([2H])c([2H])c([2H])c32)oc2c1B1c3c(c([2H])c(C([2H])([2H])[2H])c([2H])c3N(c3c([2H])c([2H])c4c5c([2H])c(C(C)(C)C)c([2H])c([2H])c5n(-c5c(F)c(F)c(C#N)c(F)c5F)c4c3[2H])c3oc4c([2H])c([2H])c(C(C)(C)C)c([2H])c4c31)O2. The smallest absolute Gasteiger partial charge is 0.286 e. The average molecular weight is 952 g/mol. The quantitative estimate of drug-likeness (QED) is 0.100. The van der Waals surface area contributed by atoms with Crippen LogP contribution in [0.2, 0.25) is 0 Å². The second-order valence-electron chi connectivity index (χ2n) is 18.7. The summed E-state index contributed by atoms with van der Waals surface area (Å²) in [5, 5.41) is 6.88. The number of hydrogen-bond acceptors (Lipinski definition) is 5. The van der Waals surface area contributed by atoms with E-state index in [1.807, 2.05) is 0 Å². The largest absolute Gasteiger partial charge is 0.440 e. The van der Waals surface area contributed by atoms with Crippen LogP contribution >= 0.6 is 0 Å². The number of halogens is 4. The van der Waals surface area contributed by atoms with Crippen LogP contribution in [0.1, 0.15) is 95.3 Å². The van der Waals surface area contributed by atoms with Crippen molar-refractivity contribution in [2.24, 2.45) is 0 Å². The molecule has 0 unspecified atom stereocenters. The van der Waals surface area contributed by atoms with E-state index in [1.165, 1.54) is 20.8 Å². The minimum Gasteiger partial charge on any atom is -0.440 e. The van der Waals surface area contributed by atoms with Crippen molar-refractivity contribution in [3.63, 3.8) is 0 Å². The summed E-state index contributed by atoms with van der Waals surface area (Å²) in [5.74, 6) is -12.6. The molecule has 7 nitrogen and oxygen atoms in total. The van der Waals surface area contributed by atoms with Gasteiger partial charge in [-0.2, -0.15) is 5.26 Å². The van der Waals surface area contributed by atoms with E-state index in [9.17, 15) is 24.5 Å². The number of benzene rings is 7. The van der Waals surface area contributed by atoms with Crippen LogP contribution in [0.4, 0.5) is 34.8 Å². The summed E-state index contributed by atoms with van der Waals surface area (Å²) >= 11 is 0. The predicted octanol–water partition coefficient (Wildman–Crippen LogP) is 14.0. The molecule has 0 bridgehead atoms. The highest BCUT2D eigenvalue weighted by atomic mass is 19.2. The summed E-state index contributed by atoms with van der Waals surface area (Å²) in [7, 11) is 0. The Morgan fingerprint density at radius 1 is 0.614 bits per heavy atom. The van der Waals surface area contributed by atoms with E-state index in [2.05, 4.69) is 0 Å². The van der Waals surface area contributed by atoms with E-state index < -0.39 is 291 Å². The molecule has 6 heterocycles. The summed E-state index contributed by atoms with van der Waals surface area (Å²) in [6, 6.07) is -16.7. The van der Waals surface area contributed by atoms with Crippen molar-refractivity contribution < 1.29 is 62.7 Å². The van der Waals surface area contributed by atoms with Gasteiger partial charge >= 0.3 is 0 Å². The molecule has 4 aromatic heterocycles. The molecule has 7 aromatic carbocycles. The zero-order chi connectivity index (χ0) is 68.4. The standard InChI is InChI=1S/C58H41BF4N4O3/c1-29-22-44-49-46(23-29)69-56-39(27-47(70-56)66-40-14-10-8-12-33(40)34-13-9-11-15-41(34)66)59(49)48-37-25-31(58(5,6)7)17-21-45(37)68-55(48)65(44)32-18-19-35-36-24-30(57(2,3)4)16-20-42(36)67(43(35)26-32)54-52(62)50(60)38(28-64)51(61)53(54)63/h8-27H,1-7H3/i1D3,8D,9D,10D,11D,12D,13D,14D,15D,16D,17D,18D,19D,20D,21D,22D,23D,24D,25D,26D,27D. The highest BCUT2D eigenvalue weighted by Gasteiger charge is 2.47. The monoisotopic (exact) mass is 951 g/mol. The van der Waals surface area contributed by atoms with Crippen molar-refractivity contribution >= 4 is 94.9 Å². The fourth-order valence-corrected chi connectivity index (χ4v) is 9.15. The molecular formula is C58H41BF4N4O3. The molecule has 70 heavy (non-hydrogen) atoms. The number of furan rings is 2. The molecule has 0 radical (unpaired) electrons. The van der Waals surface area contributed by atoms with Gasteiger partial charge in [0.05, 0.1) is 55.2 Å². The third kappa shape index (κ3) is 5.69. The maximum Gasteiger partial charge on any atom is 0.286 e. The van der Waals surface area contributed by atoms with Gasteiger partial charge < -0.3 is 18.1 Å². The fourth-order valence-electron chi connectivity index (χ4n) is 9.15. The molecule has 0 saturated heterocycles. The van der Waals surface area contributed by atoms with Crippen LogP contribution in [-0.4, -0.2) is 15.8 Å². The lowest BCUT2D eigenvalue weighted by Crippen LogP contribution is -2.58. The number of aromatic nitrogens is 2. The molecule has 13 rings (SSSR count). The van der Waals surface area contributed by atoms with E-state index in [4.69, 9.17) is 25.9 Å². The number of nitrogens with zero attached hydrogens (tertiary/aromatic N) is 4. The first kappa shape index (κ1) is 24.4. The van der Waals surface area contributed by atoms with Crippen molar-refractivity contribution in [2.75, 3.05) is 4.90 Å². The van der Waals surface area contributed by atoms with Crippen molar-refractivity contribution in [1.29, 1.82) is 5.26 Å². The molecule has 2 aliphatic heterocycles. The van der Waals surface area contributed by atoms with Crippen LogP contribution in [0.3, 0.4) is 0 Å². The van der Waals surface area contributed by atoms with Gasteiger partial charge in [0.1, 0.15) is 28.7 Å². The van der Waals surface area contributed by atoms with Crippen molar-refractivity contribution in [2.45, 2.75) is 59.2 Å². The van der Waals surface area contributed by atoms with Crippen molar-refractivity contribution in [3.05, 3.63) is 166 Å². The molecule has 0 amide bonds. The molecule has 342 valence electrons. The Hall–Kier alpha value is -8.17. The molecule has 0 aliphatic carbocycles. The van der Waals surface area contributed by atoms with Gasteiger partial charge in [0, 0.05) is 53.7 Å². The lowest BCUT2D eigenvalue weighted by molar-refractivity contribution is 0.347. The highest BCUT2D eigenvalue weighted by Crippen LogP contribution is 2.47. The minimum absolute atomic E-state index is 0.130. The lowest BCUT2D eigenvalue weighted by atomic mass is 9.34. The van der Waals surface area contributed by atoms with Gasteiger partial charge in [-0.15, -0.1) is 0 Å². The van der Waals surface area contributed by atoms with Gasteiger partial charge in [0.15, 0.2) is 23.3 Å². The van der Waals surface area contributed by atoms with Crippen molar-refractivity contribution in [1.82, 2.24) is 9.13 Å². The Balaban J connectivity index is 1.27. The second kappa shape index (κ2) is 14.2. The summed E-state index contributed by atoms with van der Waals surface area (Å²) in [6.07, 6.45) is 0. The first-order valence-corrected chi connectivity index (χ1v) is 21.3. The van der Waals surface area contributed by atoms with Crippen LogP contribution in [0.25, 0.3) is 66.2 Å². The molecule has 0 saturated carbocycles. The van der Waals surface area contributed by atoms with Gasteiger partial charge in [0.2, 0.25) is 11.8 Å². The van der Waals surface area contributed by atoms with Crippen LogP contribution in [0, 0.1) is 41.5 Å². The number of ether oxygens (including phenoxy) is 1. The molecule has 0 atom stereocenters. The lowest BCUT2D eigenvalue weighted by Gasteiger charge is -2.36. The van der Waals surface area contributed by atoms with Gasteiger partial charge in [-0.05, 0) is 100 Å². The highest BCUT2D eigenvalue weighted by molar-refractivity contribution is 7.00. The van der Waals surface area contributed by atoms with E-state index in [-0.39, 0.29) is 15.7 Å². The zero-order valence-corrected chi connectivity index (χ0v) is 37.1. The Bertz CT molecular complexity index is 5380. The molecule has 12 heteroatoms. The van der Waals surface area contributed by atoms with Gasteiger partial charge in [0.25, 0.3) is 12.7 Å². The third-order valence-electron chi connectivity index (χ3n) is 12.4. The topological polar surface area (TPSA) is 72.4 Å². The maximum absolute atomic E-state index is 17.0. The normalized spacial score (nSPS) is 18.2. The maximum atomic E-state index is 17.0. The van der Waals surface area contributed by atoms with Gasteiger partial charge in [-0.3, -0.25) is 9.47 Å². The summed E-state index contributed by atoms with van der Waals surface area (Å²) in [5.41, 5.74) is -14.7. The Kier molecular flexibility index (Phi) is 4.95. The van der Waals surface area contributed by atoms with E-state index in [0.717, 1.165) is 10.6 Å². The predicted molar refractivity (Wildman–Crippen MR) is 270 cm³/mol. The number of hydrogen-bond donors (Lipinski definition) is 0. The van der Waals surface area contributed by atoms with Gasteiger partial charge in [-0.25, -0.2) is 17.6 Å². The number of nitriles is 1. The zero-order valence-electron chi connectivity index (χ0n) is 60.1. The van der Waals surface area contributed by atoms with Crippen LogP contribution in [0.5, 0.6) is 11.7 Å². The van der Waals surface area contributed by atoms with E-state index in [0.29, 0.717) is 4.90 Å². The average Bonchev–Trinajstić information content (AvgIpc) is 1.59. The fraction of sp³-hybridized carbons (Fsp3) is 0.155. The molecule has 0 spiro atoms. The summed E-state index contributed by atoms with van der Waals surface area (Å²) in [4.78, 5) is 0.649. The number of anilines is 3. The first-order valence-electron chi connectivity index (χ1n) is 32.8. The summed E-state index contributed by atoms with van der Waals surface area (Å²) < 4.78 is 302. The van der Waals surface area contributed by atoms with Crippen LogP contribution in [0.15, 0.2) is 130 Å². The number of fused-ring (bicyclic) bond motifs is 12. The molecule has 0 fully saturated rings. The van der Waals surface area contributed by atoms with E-state index in [1.54, 1.807) is 20.8 Å². The molecule has 2 aliphatic rings. The minimum atomic E-state index is -3.54. The Morgan fingerprint density at radius 3 is 1.90 bits per heavy atom. The van der Waals surface area contributed by atoms with Crippen LogP contribution in [-0.2, 0) is 10.8 Å². The Morgan fingerprint density at radius 2 is 1.24 bits per heavy atom. The Labute approximate surface area is 431 Å².